The lowest BCUT2D eigenvalue weighted by Gasteiger charge is -2.21. The number of anilines is 2. The quantitative estimate of drug-likeness (QED) is 0.696. The van der Waals surface area contributed by atoms with Crippen molar-refractivity contribution in [1.82, 2.24) is 9.97 Å². The number of nitrogens with one attached hydrogen (secondary N) is 1. The second kappa shape index (κ2) is 6.87. The third kappa shape index (κ3) is 3.43. The highest BCUT2D eigenvalue weighted by Gasteiger charge is 2.32. The molecular formula is C20H22N4O3S. The largest absolute Gasteiger partial charge is 0.365 e. The van der Waals surface area contributed by atoms with Gasteiger partial charge in [0, 0.05) is 17.8 Å². The fraction of sp³-hybridized carbons (Fsp3) is 0.250. The summed E-state index contributed by atoms with van der Waals surface area (Å²) < 4.78 is 25.0. The Labute approximate surface area is 163 Å². The SMILES string of the molecule is Cc1cc(S(=O)(=O)C(C)(C)C)cc2c(Nc3cccnc3)c(C(N)=O)cnc12. The summed E-state index contributed by atoms with van der Waals surface area (Å²) in [4.78, 5) is 20.5. The Morgan fingerprint density at radius 3 is 2.46 bits per heavy atom. The summed E-state index contributed by atoms with van der Waals surface area (Å²) in [6.07, 6.45) is 4.62. The minimum atomic E-state index is -3.60. The highest BCUT2D eigenvalue weighted by atomic mass is 32.2. The number of fused-ring (bicyclic) bond motifs is 1. The Kier molecular flexibility index (Phi) is 4.84. The van der Waals surface area contributed by atoms with Crippen LogP contribution in [0.4, 0.5) is 11.4 Å². The van der Waals surface area contributed by atoms with Gasteiger partial charge in [-0.1, -0.05) is 0 Å². The average molecular weight is 398 g/mol. The summed E-state index contributed by atoms with van der Waals surface area (Å²) in [6.45, 7) is 6.73. The lowest BCUT2D eigenvalue weighted by atomic mass is 10.1. The Bertz CT molecular complexity index is 1170. The Hall–Kier alpha value is -3.00. The number of carbonyl (C=O) groups excluding carboxylic acids is 1. The highest BCUT2D eigenvalue weighted by Crippen LogP contribution is 2.34. The van der Waals surface area contributed by atoms with Crippen LogP contribution >= 0.6 is 0 Å². The molecule has 7 nitrogen and oxygen atoms in total. The van der Waals surface area contributed by atoms with E-state index in [2.05, 4.69) is 15.3 Å². The van der Waals surface area contributed by atoms with Crippen molar-refractivity contribution in [3.8, 4) is 0 Å². The second-order valence-corrected chi connectivity index (χ2v) is 10.2. The lowest BCUT2D eigenvalue weighted by Crippen LogP contribution is -2.28. The van der Waals surface area contributed by atoms with Crippen molar-refractivity contribution < 1.29 is 13.2 Å². The minimum Gasteiger partial charge on any atom is -0.365 e. The molecule has 3 N–H and O–H groups in total. The van der Waals surface area contributed by atoms with Crippen molar-refractivity contribution in [3.05, 3.63) is 54.0 Å². The number of nitrogens with zero attached hydrogens (tertiary/aromatic N) is 2. The van der Waals surface area contributed by atoms with E-state index in [4.69, 9.17) is 5.73 Å². The first kappa shape index (κ1) is 19.8. The second-order valence-electron chi connectivity index (χ2n) is 7.53. The molecule has 2 aromatic heterocycles. The van der Waals surface area contributed by atoms with Gasteiger partial charge in [0.15, 0.2) is 9.84 Å². The Morgan fingerprint density at radius 2 is 1.89 bits per heavy atom. The monoisotopic (exact) mass is 398 g/mol. The van der Waals surface area contributed by atoms with Gasteiger partial charge in [0.05, 0.1) is 38.3 Å². The standard InChI is InChI=1S/C20H22N4O3S/c1-12-8-14(28(26,27)20(2,3)4)9-15-17(12)23-11-16(19(21)25)18(15)24-13-6-5-7-22-10-13/h5-11H,1-4H3,(H2,21,25)(H,23,24). The summed E-state index contributed by atoms with van der Waals surface area (Å²) in [6, 6.07) is 6.68. The maximum Gasteiger partial charge on any atom is 0.252 e. The smallest absolute Gasteiger partial charge is 0.252 e. The zero-order valence-corrected chi connectivity index (χ0v) is 17.0. The van der Waals surface area contributed by atoms with Crippen LogP contribution in [0.25, 0.3) is 10.9 Å². The van der Waals surface area contributed by atoms with Crippen LogP contribution in [-0.4, -0.2) is 29.0 Å². The Balaban J connectivity index is 2.35. The number of amides is 1. The topological polar surface area (TPSA) is 115 Å². The number of benzene rings is 1. The lowest BCUT2D eigenvalue weighted by molar-refractivity contribution is 0.100. The predicted molar refractivity (Wildman–Crippen MR) is 109 cm³/mol. The van der Waals surface area contributed by atoms with E-state index in [1.807, 2.05) is 0 Å². The van der Waals surface area contributed by atoms with Crippen molar-refractivity contribution in [3.63, 3.8) is 0 Å². The van der Waals surface area contributed by atoms with E-state index >= 15 is 0 Å². The number of sulfone groups is 1. The van der Waals surface area contributed by atoms with Crippen LogP contribution in [-0.2, 0) is 9.84 Å². The molecular weight excluding hydrogens is 376 g/mol. The van der Waals surface area contributed by atoms with E-state index in [0.29, 0.717) is 27.8 Å². The molecule has 0 aliphatic carbocycles. The van der Waals surface area contributed by atoms with Crippen molar-refractivity contribution >= 4 is 38.0 Å². The summed E-state index contributed by atoms with van der Waals surface area (Å²) in [5.74, 6) is -0.664. The summed E-state index contributed by atoms with van der Waals surface area (Å²) in [5.41, 5.74) is 8.02. The van der Waals surface area contributed by atoms with Crippen molar-refractivity contribution in [1.29, 1.82) is 0 Å². The van der Waals surface area contributed by atoms with Crippen LogP contribution < -0.4 is 11.1 Å². The number of aryl methyl sites for hydroxylation is 1. The molecule has 3 rings (SSSR count). The molecule has 2 heterocycles. The first-order valence-corrected chi connectivity index (χ1v) is 10.2. The number of aromatic nitrogens is 2. The van der Waals surface area contributed by atoms with Crippen LogP contribution in [0, 0.1) is 6.92 Å². The molecule has 0 aliphatic heterocycles. The molecule has 0 fully saturated rings. The molecule has 146 valence electrons. The van der Waals surface area contributed by atoms with Gasteiger partial charge >= 0.3 is 0 Å². The van der Waals surface area contributed by atoms with Crippen LogP contribution in [0.15, 0.2) is 47.8 Å². The maximum atomic E-state index is 13.0. The number of hydrogen-bond acceptors (Lipinski definition) is 6. The van der Waals surface area contributed by atoms with Crippen LogP contribution in [0.5, 0.6) is 0 Å². The summed E-state index contributed by atoms with van der Waals surface area (Å²) >= 11 is 0. The number of carbonyl (C=O) groups is 1. The van der Waals surface area contributed by atoms with Crippen LogP contribution in [0.1, 0.15) is 36.7 Å². The molecule has 28 heavy (non-hydrogen) atoms. The molecule has 0 saturated carbocycles. The molecule has 0 spiro atoms. The minimum absolute atomic E-state index is 0.168. The first-order chi connectivity index (χ1) is 13.0. The van der Waals surface area contributed by atoms with Gasteiger partial charge in [0.2, 0.25) is 0 Å². The normalized spacial score (nSPS) is 12.1. The molecule has 0 atom stereocenters. The third-order valence-corrected chi connectivity index (χ3v) is 6.92. The molecule has 1 amide bonds. The van der Waals surface area contributed by atoms with Crippen molar-refractivity contribution in [2.75, 3.05) is 5.32 Å². The van der Waals surface area contributed by atoms with E-state index in [9.17, 15) is 13.2 Å². The molecule has 0 radical (unpaired) electrons. The molecule has 0 aliphatic rings. The van der Waals surface area contributed by atoms with Gasteiger partial charge in [0.1, 0.15) is 0 Å². The zero-order chi connectivity index (χ0) is 20.7. The molecule has 8 heteroatoms. The van der Waals surface area contributed by atoms with Gasteiger partial charge in [-0.25, -0.2) is 8.42 Å². The number of rotatable bonds is 4. The first-order valence-electron chi connectivity index (χ1n) is 8.67. The summed E-state index contributed by atoms with van der Waals surface area (Å²) in [5, 5.41) is 3.65. The molecule has 3 aromatic rings. The molecule has 1 aromatic carbocycles. The zero-order valence-electron chi connectivity index (χ0n) is 16.1. The third-order valence-electron chi connectivity index (χ3n) is 4.45. The fourth-order valence-corrected chi connectivity index (χ4v) is 4.17. The number of hydrogen-bond donors (Lipinski definition) is 2. The van der Waals surface area contributed by atoms with Crippen LogP contribution in [0.2, 0.25) is 0 Å². The molecule has 0 unspecified atom stereocenters. The van der Waals surface area contributed by atoms with E-state index in [-0.39, 0.29) is 10.5 Å². The molecule has 0 saturated heterocycles. The van der Waals surface area contributed by atoms with E-state index in [0.717, 1.165) is 0 Å². The van der Waals surface area contributed by atoms with E-state index < -0.39 is 20.5 Å². The van der Waals surface area contributed by atoms with Crippen molar-refractivity contribution in [2.45, 2.75) is 37.3 Å². The highest BCUT2D eigenvalue weighted by molar-refractivity contribution is 7.92. The molecule has 0 bridgehead atoms. The summed E-state index contributed by atoms with van der Waals surface area (Å²) in [7, 11) is -3.60. The van der Waals surface area contributed by atoms with Gasteiger partial charge in [-0.3, -0.25) is 14.8 Å². The van der Waals surface area contributed by atoms with E-state index in [1.165, 1.54) is 6.20 Å². The van der Waals surface area contributed by atoms with E-state index in [1.54, 1.807) is 64.4 Å². The predicted octanol–water partition coefficient (Wildman–Crippen LogP) is 3.35. The van der Waals surface area contributed by atoms with Gasteiger partial charge in [-0.05, 0) is 57.5 Å². The number of primary amides is 1. The number of pyridine rings is 2. The Morgan fingerprint density at radius 1 is 1.18 bits per heavy atom. The van der Waals surface area contributed by atoms with Gasteiger partial charge < -0.3 is 11.1 Å². The number of nitrogens with two attached hydrogens (primary N) is 1. The van der Waals surface area contributed by atoms with Gasteiger partial charge in [-0.2, -0.15) is 0 Å². The van der Waals surface area contributed by atoms with Crippen LogP contribution in [0.3, 0.4) is 0 Å². The van der Waals surface area contributed by atoms with Gasteiger partial charge in [0.25, 0.3) is 5.91 Å². The fourth-order valence-electron chi connectivity index (χ4n) is 2.86. The van der Waals surface area contributed by atoms with Gasteiger partial charge in [-0.15, -0.1) is 0 Å². The van der Waals surface area contributed by atoms with Crippen molar-refractivity contribution in [2.24, 2.45) is 5.73 Å². The maximum absolute atomic E-state index is 13.0. The average Bonchev–Trinajstić information content (AvgIpc) is 2.61.